The molecule has 0 rings (SSSR count). The van der Waals surface area contributed by atoms with Crippen LogP contribution >= 0.6 is 0 Å². The Morgan fingerprint density at radius 3 is 2.47 bits per heavy atom. The first kappa shape index (κ1) is 15.6. The molecule has 0 aromatic rings. The molecule has 17 heavy (non-hydrogen) atoms. The van der Waals surface area contributed by atoms with Crippen LogP contribution in [0.15, 0.2) is 0 Å². The smallest absolute Gasteiger partial charge is 0.315 e. The number of hydrogen-bond donors (Lipinski definition) is 1. The van der Waals surface area contributed by atoms with Crippen molar-refractivity contribution in [2.24, 2.45) is 0 Å². The van der Waals surface area contributed by atoms with Gasteiger partial charge in [0.05, 0.1) is 13.7 Å². The van der Waals surface area contributed by atoms with Crippen molar-refractivity contribution < 1.29 is 23.9 Å². The van der Waals surface area contributed by atoms with Crippen LogP contribution in [0.25, 0.3) is 0 Å². The molecule has 6 nitrogen and oxygen atoms in total. The molecule has 0 atom stereocenters. The van der Waals surface area contributed by atoms with Crippen molar-refractivity contribution in [2.45, 2.75) is 26.2 Å². The second-order valence-electron chi connectivity index (χ2n) is 3.52. The predicted molar refractivity (Wildman–Crippen MR) is 60.4 cm³/mol. The minimum Gasteiger partial charge on any atom is -0.469 e. The molecule has 98 valence electrons. The lowest BCUT2D eigenvalue weighted by atomic mass is 10.2. The van der Waals surface area contributed by atoms with E-state index in [9.17, 15) is 14.4 Å². The van der Waals surface area contributed by atoms with E-state index in [1.54, 1.807) is 0 Å². The molecular weight excluding hydrogens is 226 g/mol. The average molecular weight is 245 g/mol. The van der Waals surface area contributed by atoms with Gasteiger partial charge < -0.3 is 19.6 Å². The number of carbonyl (C=O) groups is 3. The molecule has 0 heterocycles. The highest BCUT2D eigenvalue weighted by molar-refractivity contribution is 5.94. The molecule has 0 unspecified atom stereocenters. The van der Waals surface area contributed by atoms with Gasteiger partial charge in [0.15, 0.2) is 0 Å². The van der Waals surface area contributed by atoms with Crippen LogP contribution in [0.1, 0.15) is 26.2 Å². The van der Waals surface area contributed by atoms with E-state index >= 15 is 0 Å². The Labute approximate surface area is 101 Å². The maximum atomic E-state index is 11.1. The van der Waals surface area contributed by atoms with Gasteiger partial charge in [-0.3, -0.25) is 9.59 Å². The number of carbonyl (C=O) groups excluding carboxylic acids is 3. The lowest BCUT2D eigenvalue weighted by molar-refractivity contribution is -0.143. The van der Waals surface area contributed by atoms with Crippen molar-refractivity contribution in [3.05, 3.63) is 0 Å². The van der Waals surface area contributed by atoms with Crippen molar-refractivity contribution >= 4 is 17.7 Å². The van der Waals surface area contributed by atoms with Gasteiger partial charge in [0, 0.05) is 19.6 Å². The van der Waals surface area contributed by atoms with Crippen LogP contribution in [-0.4, -0.2) is 44.5 Å². The van der Waals surface area contributed by atoms with Gasteiger partial charge in [-0.1, -0.05) is 0 Å². The molecule has 0 saturated carbocycles. The zero-order chi connectivity index (χ0) is 13.1. The van der Waals surface area contributed by atoms with E-state index in [1.807, 2.05) is 0 Å². The molecule has 0 aliphatic heterocycles. The third-order valence-electron chi connectivity index (χ3n) is 1.92. The molecule has 0 aromatic heterocycles. The largest absolute Gasteiger partial charge is 0.469 e. The van der Waals surface area contributed by atoms with Crippen LogP contribution < -0.4 is 5.32 Å². The summed E-state index contributed by atoms with van der Waals surface area (Å²) in [6.45, 7) is 2.74. The van der Waals surface area contributed by atoms with Crippen LogP contribution in [0, 0.1) is 0 Å². The Morgan fingerprint density at radius 2 is 1.88 bits per heavy atom. The number of Topliss-reactive ketones (excluding diaryl/α,β-unsaturated/α-hetero) is 1. The van der Waals surface area contributed by atoms with Gasteiger partial charge in [0.25, 0.3) is 0 Å². The number of esters is 1. The lowest BCUT2D eigenvalue weighted by Gasteiger charge is -2.05. The number of methoxy groups -OCH3 is 1. The number of rotatable bonds is 9. The third kappa shape index (κ3) is 10.8. The molecular formula is C11H19NO5. The highest BCUT2D eigenvalue weighted by Gasteiger charge is 2.07. The van der Waals surface area contributed by atoms with Crippen molar-refractivity contribution in [2.75, 3.05) is 26.9 Å². The fourth-order valence-corrected chi connectivity index (χ4v) is 1.05. The minimum absolute atomic E-state index is 0.139. The Bertz CT molecular complexity index is 265. The summed E-state index contributed by atoms with van der Waals surface area (Å²) >= 11 is 0. The zero-order valence-electron chi connectivity index (χ0n) is 10.3. The number of hydrogen-bond acceptors (Lipinski definition) is 5. The first-order chi connectivity index (χ1) is 8.06. The fourth-order valence-electron chi connectivity index (χ4n) is 1.05. The van der Waals surface area contributed by atoms with Gasteiger partial charge in [-0.05, 0) is 13.3 Å². The number of ketones is 1. The first-order valence-electron chi connectivity index (χ1n) is 5.47. The van der Waals surface area contributed by atoms with Crippen LogP contribution in [0.2, 0.25) is 0 Å². The molecule has 0 aliphatic carbocycles. The van der Waals surface area contributed by atoms with Crippen molar-refractivity contribution in [1.82, 2.24) is 5.32 Å². The summed E-state index contributed by atoms with van der Waals surface area (Å²) in [5.74, 6) is -0.811. The highest BCUT2D eigenvalue weighted by Crippen LogP contribution is 1.90. The second kappa shape index (κ2) is 9.77. The van der Waals surface area contributed by atoms with Crippen molar-refractivity contribution in [1.29, 1.82) is 0 Å². The predicted octanol–water partition coefficient (Wildman–Crippen LogP) is 0.0515. The summed E-state index contributed by atoms with van der Waals surface area (Å²) in [4.78, 5) is 32.4. The van der Waals surface area contributed by atoms with Gasteiger partial charge in [0.1, 0.15) is 12.2 Å². The van der Waals surface area contributed by atoms with Gasteiger partial charge in [0.2, 0.25) is 5.91 Å². The van der Waals surface area contributed by atoms with E-state index in [1.165, 1.54) is 14.0 Å². The number of ether oxygens (including phenoxy) is 2. The van der Waals surface area contributed by atoms with E-state index in [-0.39, 0.29) is 18.1 Å². The third-order valence-corrected chi connectivity index (χ3v) is 1.92. The van der Waals surface area contributed by atoms with Gasteiger partial charge >= 0.3 is 5.97 Å². The van der Waals surface area contributed by atoms with Crippen molar-refractivity contribution in [3.8, 4) is 0 Å². The van der Waals surface area contributed by atoms with Crippen LogP contribution in [0.5, 0.6) is 0 Å². The van der Waals surface area contributed by atoms with Crippen molar-refractivity contribution in [3.63, 3.8) is 0 Å². The van der Waals surface area contributed by atoms with Crippen LogP contribution in [-0.2, 0) is 23.9 Å². The SMILES string of the molecule is COC(=O)CC(=O)NCCOCCCC(C)=O. The molecule has 1 amide bonds. The average Bonchev–Trinajstić information content (AvgIpc) is 2.27. The molecule has 1 N–H and O–H groups in total. The van der Waals surface area contributed by atoms with Gasteiger partial charge in [-0.15, -0.1) is 0 Å². The monoisotopic (exact) mass is 245 g/mol. The van der Waals surface area contributed by atoms with Crippen LogP contribution in [0.4, 0.5) is 0 Å². The molecule has 0 spiro atoms. The molecule has 6 heteroatoms. The Morgan fingerprint density at radius 1 is 1.18 bits per heavy atom. The second-order valence-corrected chi connectivity index (χ2v) is 3.52. The molecule has 0 aromatic carbocycles. The summed E-state index contributed by atoms with van der Waals surface area (Å²) in [6, 6.07) is 0. The Kier molecular flexibility index (Phi) is 8.95. The Hall–Kier alpha value is -1.43. The van der Waals surface area contributed by atoms with E-state index in [4.69, 9.17) is 4.74 Å². The molecule has 0 saturated heterocycles. The summed E-state index contributed by atoms with van der Waals surface area (Å²) in [5.41, 5.74) is 0. The quantitative estimate of drug-likeness (QED) is 0.352. The van der Waals surface area contributed by atoms with Crippen LogP contribution in [0.3, 0.4) is 0 Å². The number of amides is 1. The Balaban J connectivity index is 3.30. The topological polar surface area (TPSA) is 81.7 Å². The fraction of sp³-hybridized carbons (Fsp3) is 0.727. The zero-order valence-corrected chi connectivity index (χ0v) is 10.3. The molecule has 0 radical (unpaired) electrons. The summed E-state index contributed by atoms with van der Waals surface area (Å²) in [5, 5.41) is 2.52. The first-order valence-corrected chi connectivity index (χ1v) is 5.47. The maximum Gasteiger partial charge on any atom is 0.315 e. The van der Waals surface area contributed by atoms with E-state index in [0.717, 1.165) is 0 Å². The summed E-state index contributed by atoms with van der Waals surface area (Å²) in [7, 11) is 1.23. The molecule has 0 fully saturated rings. The lowest BCUT2D eigenvalue weighted by Crippen LogP contribution is -2.29. The number of nitrogens with one attached hydrogen (secondary N) is 1. The minimum atomic E-state index is -0.565. The van der Waals surface area contributed by atoms with E-state index in [0.29, 0.717) is 32.6 Å². The van der Waals surface area contributed by atoms with Gasteiger partial charge in [-0.2, -0.15) is 0 Å². The normalized spacial score (nSPS) is 9.76. The molecule has 0 aliphatic rings. The van der Waals surface area contributed by atoms with E-state index < -0.39 is 5.97 Å². The van der Waals surface area contributed by atoms with Gasteiger partial charge in [-0.25, -0.2) is 0 Å². The summed E-state index contributed by atoms with van der Waals surface area (Å²) in [6.07, 6.45) is 0.918. The highest BCUT2D eigenvalue weighted by atomic mass is 16.5. The maximum absolute atomic E-state index is 11.1. The standard InChI is InChI=1S/C11H19NO5/c1-9(13)4-3-6-17-7-5-12-10(14)8-11(15)16-2/h3-8H2,1-2H3,(H,12,14). The summed E-state index contributed by atoms with van der Waals surface area (Å²) < 4.78 is 9.52. The van der Waals surface area contributed by atoms with E-state index in [2.05, 4.69) is 10.1 Å². The molecule has 0 bridgehead atoms.